The van der Waals surface area contributed by atoms with Crippen molar-refractivity contribution in [2.75, 3.05) is 6.61 Å². The molecule has 0 bridgehead atoms. The first-order chi connectivity index (χ1) is 9.15. The fraction of sp³-hybridized carbons (Fsp3) is 0.625. The van der Waals surface area contributed by atoms with E-state index in [1.807, 2.05) is 13.0 Å². The monoisotopic (exact) mass is 267 g/mol. The summed E-state index contributed by atoms with van der Waals surface area (Å²) in [5.41, 5.74) is 6.81. The van der Waals surface area contributed by atoms with E-state index < -0.39 is 0 Å². The minimum atomic E-state index is -0.246. The molecule has 0 spiro atoms. The molecule has 1 atom stereocenters. The summed E-state index contributed by atoms with van der Waals surface area (Å²) in [6, 6.07) is 4.97. The summed E-state index contributed by atoms with van der Waals surface area (Å²) in [7, 11) is 0. The molecule has 0 saturated heterocycles. The van der Waals surface area contributed by atoms with Gasteiger partial charge in [0.25, 0.3) is 0 Å². The number of halogens is 1. The molecule has 0 aromatic heterocycles. The van der Waals surface area contributed by atoms with Gasteiger partial charge in [0.15, 0.2) is 0 Å². The van der Waals surface area contributed by atoms with Crippen molar-refractivity contribution in [2.45, 2.75) is 58.4 Å². The highest BCUT2D eigenvalue weighted by Gasteiger charge is 2.06. The van der Waals surface area contributed by atoms with Crippen molar-refractivity contribution in [1.29, 1.82) is 0 Å². The van der Waals surface area contributed by atoms with Crippen molar-refractivity contribution < 1.29 is 9.13 Å². The number of ether oxygens (including phenoxy) is 1. The Labute approximate surface area is 116 Å². The second-order valence-electron chi connectivity index (χ2n) is 5.08. The van der Waals surface area contributed by atoms with Gasteiger partial charge in [-0.3, -0.25) is 0 Å². The Morgan fingerprint density at radius 2 is 1.95 bits per heavy atom. The molecule has 2 N–H and O–H groups in total. The summed E-state index contributed by atoms with van der Waals surface area (Å²) in [4.78, 5) is 0. The van der Waals surface area contributed by atoms with Crippen molar-refractivity contribution >= 4 is 0 Å². The van der Waals surface area contributed by atoms with E-state index in [1.54, 1.807) is 6.07 Å². The summed E-state index contributed by atoms with van der Waals surface area (Å²) >= 11 is 0. The zero-order chi connectivity index (χ0) is 14.1. The summed E-state index contributed by atoms with van der Waals surface area (Å²) < 4.78 is 19.1. The molecule has 2 nitrogen and oxygen atoms in total. The van der Waals surface area contributed by atoms with Gasteiger partial charge in [0.1, 0.15) is 11.6 Å². The quantitative estimate of drug-likeness (QED) is 0.685. The van der Waals surface area contributed by atoms with Crippen molar-refractivity contribution in [3.63, 3.8) is 0 Å². The maximum Gasteiger partial charge on any atom is 0.127 e. The number of nitrogens with two attached hydrogens (primary N) is 1. The Hall–Kier alpha value is -1.09. The van der Waals surface area contributed by atoms with Gasteiger partial charge in [-0.25, -0.2) is 4.39 Å². The Morgan fingerprint density at radius 3 is 2.63 bits per heavy atom. The molecule has 108 valence electrons. The molecular formula is C16H26FNO. The summed E-state index contributed by atoms with van der Waals surface area (Å²) in [5.74, 6) is 0.374. The predicted molar refractivity (Wildman–Crippen MR) is 78.0 cm³/mol. The largest absolute Gasteiger partial charge is 0.493 e. The Morgan fingerprint density at radius 1 is 1.16 bits per heavy atom. The topological polar surface area (TPSA) is 35.2 Å². The third-order valence-electron chi connectivity index (χ3n) is 3.22. The molecule has 0 fully saturated rings. The summed E-state index contributed by atoms with van der Waals surface area (Å²) in [5, 5.41) is 0. The average Bonchev–Trinajstić information content (AvgIpc) is 2.37. The third-order valence-corrected chi connectivity index (χ3v) is 3.22. The standard InChI is InChI=1S/C16H26FNO/c1-3-5-6-7-8-19-16-11-13(9-14(17)12-16)10-15(18)4-2/h9,11-12,15H,3-8,10,18H2,1-2H3. The molecule has 0 saturated carbocycles. The van der Waals surface area contributed by atoms with Gasteiger partial charge in [-0.05, 0) is 37.0 Å². The number of rotatable bonds is 9. The van der Waals surface area contributed by atoms with E-state index in [0.29, 0.717) is 18.8 Å². The van der Waals surface area contributed by atoms with Gasteiger partial charge in [-0.2, -0.15) is 0 Å². The molecule has 0 amide bonds. The highest BCUT2D eigenvalue weighted by Crippen LogP contribution is 2.18. The lowest BCUT2D eigenvalue weighted by Crippen LogP contribution is -2.21. The van der Waals surface area contributed by atoms with Crippen LogP contribution in [0.2, 0.25) is 0 Å². The fourth-order valence-electron chi connectivity index (χ4n) is 1.99. The Bertz CT molecular complexity index is 368. The first kappa shape index (κ1) is 16.0. The van der Waals surface area contributed by atoms with Crippen LogP contribution in [0.1, 0.15) is 51.5 Å². The minimum Gasteiger partial charge on any atom is -0.493 e. The lowest BCUT2D eigenvalue weighted by molar-refractivity contribution is 0.303. The van der Waals surface area contributed by atoms with Crippen molar-refractivity contribution in [2.24, 2.45) is 5.73 Å². The summed E-state index contributed by atoms with van der Waals surface area (Å²) in [6.07, 6.45) is 6.21. The zero-order valence-electron chi connectivity index (χ0n) is 12.1. The molecule has 3 heteroatoms. The maximum absolute atomic E-state index is 13.5. The molecule has 0 aliphatic heterocycles. The molecule has 1 aromatic carbocycles. The van der Waals surface area contributed by atoms with Crippen LogP contribution >= 0.6 is 0 Å². The van der Waals surface area contributed by atoms with Crippen LogP contribution in [-0.2, 0) is 6.42 Å². The molecule has 0 aliphatic rings. The van der Waals surface area contributed by atoms with E-state index >= 15 is 0 Å². The summed E-state index contributed by atoms with van der Waals surface area (Å²) in [6.45, 7) is 4.87. The Kier molecular flexibility index (Phi) is 7.49. The molecular weight excluding hydrogens is 241 g/mol. The number of unbranched alkanes of at least 4 members (excludes halogenated alkanes) is 3. The molecule has 1 aromatic rings. The van der Waals surface area contributed by atoms with Crippen LogP contribution in [-0.4, -0.2) is 12.6 Å². The fourth-order valence-corrected chi connectivity index (χ4v) is 1.99. The van der Waals surface area contributed by atoms with Crippen LogP contribution in [0.4, 0.5) is 4.39 Å². The highest BCUT2D eigenvalue weighted by atomic mass is 19.1. The lowest BCUT2D eigenvalue weighted by Gasteiger charge is -2.11. The second kappa shape index (κ2) is 8.92. The van der Waals surface area contributed by atoms with Crippen LogP contribution in [0.25, 0.3) is 0 Å². The first-order valence-corrected chi connectivity index (χ1v) is 7.33. The number of hydrogen-bond acceptors (Lipinski definition) is 2. The van der Waals surface area contributed by atoms with Gasteiger partial charge < -0.3 is 10.5 Å². The van der Waals surface area contributed by atoms with Crippen molar-refractivity contribution in [3.8, 4) is 5.75 Å². The van der Waals surface area contributed by atoms with Gasteiger partial charge in [-0.15, -0.1) is 0 Å². The molecule has 1 unspecified atom stereocenters. The SMILES string of the molecule is CCCCCCOc1cc(F)cc(CC(N)CC)c1. The predicted octanol–water partition coefficient (Wildman–Crippen LogP) is 4.06. The molecule has 19 heavy (non-hydrogen) atoms. The molecule has 1 rings (SSSR count). The van der Waals surface area contributed by atoms with Gasteiger partial charge in [0.2, 0.25) is 0 Å². The third kappa shape index (κ3) is 6.58. The van der Waals surface area contributed by atoms with E-state index in [2.05, 4.69) is 6.92 Å². The van der Waals surface area contributed by atoms with Gasteiger partial charge >= 0.3 is 0 Å². The van der Waals surface area contributed by atoms with Crippen LogP contribution in [0.15, 0.2) is 18.2 Å². The van der Waals surface area contributed by atoms with E-state index in [4.69, 9.17) is 10.5 Å². The zero-order valence-corrected chi connectivity index (χ0v) is 12.1. The number of benzene rings is 1. The first-order valence-electron chi connectivity index (χ1n) is 7.33. The van der Waals surface area contributed by atoms with Crippen LogP contribution in [0.5, 0.6) is 5.75 Å². The van der Waals surface area contributed by atoms with Crippen LogP contribution in [0, 0.1) is 5.82 Å². The smallest absolute Gasteiger partial charge is 0.127 e. The highest BCUT2D eigenvalue weighted by molar-refractivity contribution is 5.30. The van der Waals surface area contributed by atoms with E-state index in [9.17, 15) is 4.39 Å². The van der Waals surface area contributed by atoms with Gasteiger partial charge in [0, 0.05) is 12.1 Å². The molecule has 0 aliphatic carbocycles. The van der Waals surface area contributed by atoms with Gasteiger partial charge in [-0.1, -0.05) is 33.1 Å². The Balaban J connectivity index is 2.49. The van der Waals surface area contributed by atoms with Gasteiger partial charge in [0.05, 0.1) is 6.61 Å². The number of hydrogen-bond donors (Lipinski definition) is 1. The normalized spacial score (nSPS) is 12.4. The van der Waals surface area contributed by atoms with E-state index in [-0.39, 0.29) is 11.9 Å². The molecule has 0 heterocycles. The maximum atomic E-state index is 13.5. The van der Waals surface area contributed by atoms with Crippen molar-refractivity contribution in [3.05, 3.63) is 29.6 Å². The van der Waals surface area contributed by atoms with Crippen LogP contribution in [0.3, 0.4) is 0 Å². The second-order valence-corrected chi connectivity index (χ2v) is 5.08. The van der Waals surface area contributed by atoms with Crippen LogP contribution < -0.4 is 10.5 Å². The average molecular weight is 267 g/mol. The van der Waals surface area contributed by atoms with Crippen molar-refractivity contribution in [1.82, 2.24) is 0 Å². The van der Waals surface area contributed by atoms with E-state index in [0.717, 1.165) is 18.4 Å². The van der Waals surface area contributed by atoms with E-state index in [1.165, 1.54) is 25.3 Å². The molecule has 0 radical (unpaired) electrons. The lowest BCUT2D eigenvalue weighted by atomic mass is 10.0. The minimum absolute atomic E-state index is 0.0826.